The molecule has 5 rings (SSSR count). The number of pyridine rings is 2. The molecular weight excluding hydrogens is 493 g/mol. The van der Waals surface area contributed by atoms with E-state index in [1.54, 1.807) is 6.20 Å². The third-order valence-corrected chi connectivity index (χ3v) is 7.47. The highest BCUT2D eigenvalue weighted by Gasteiger charge is 2.45. The number of nitrogens with zero attached hydrogens (tertiary/aromatic N) is 5. The predicted molar refractivity (Wildman–Crippen MR) is 139 cm³/mol. The zero-order chi connectivity index (χ0) is 26.9. The van der Waals surface area contributed by atoms with Gasteiger partial charge in [0.25, 0.3) is 0 Å². The monoisotopic (exact) mass is 522 g/mol. The number of piperidine rings is 1. The number of rotatable bonds is 6. The first-order valence-electron chi connectivity index (χ1n) is 12.7. The molecule has 2 aromatic heterocycles. The van der Waals surface area contributed by atoms with Gasteiger partial charge in [-0.1, -0.05) is 6.07 Å². The van der Waals surface area contributed by atoms with E-state index in [4.69, 9.17) is 15.5 Å². The minimum absolute atomic E-state index is 0.0419. The van der Waals surface area contributed by atoms with Crippen molar-refractivity contribution in [1.82, 2.24) is 9.97 Å². The first kappa shape index (κ1) is 25.8. The Hall–Kier alpha value is -3.84. The average Bonchev–Trinajstić information content (AvgIpc) is 3.21. The highest BCUT2D eigenvalue weighted by molar-refractivity contribution is 5.70. The number of halogens is 3. The Kier molecular flexibility index (Phi) is 6.88. The minimum Gasteiger partial charge on any atom is -0.477 e. The summed E-state index contributed by atoms with van der Waals surface area (Å²) in [5.41, 5.74) is 8.34. The first-order valence-corrected chi connectivity index (χ1v) is 12.7. The van der Waals surface area contributed by atoms with Gasteiger partial charge in [-0.15, -0.1) is 0 Å². The highest BCUT2D eigenvalue weighted by atomic mass is 19.4. The summed E-state index contributed by atoms with van der Waals surface area (Å²) in [6.07, 6.45) is -1.23. The molecule has 38 heavy (non-hydrogen) atoms. The van der Waals surface area contributed by atoms with E-state index in [2.05, 4.69) is 16.0 Å². The van der Waals surface area contributed by atoms with Gasteiger partial charge in [0.1, 0.15) is 11.9 Å². The van der Waals surface area contributed by atoms with Crippen molar-refractivity contribution in [2.24, 2.45) is 5.73 Å². The molecule has 2 aliphatic heterocycles. The standard InChI is InChI=1S/C28H29F3N6O/c1-2-38-26-21(4-3-12-34-26)23-7-6-22-25(35-23)37(15-11-32)18-27(22)9-13-36(14-10-27)24-8-5-20(28(29,30)31)16-19(24)17-33/h3-8,12,16H,2,9-11,13-15,18,32H2,1H3. The van der Waals surface area contributed by atoms with E-state index < -0.39 is 11.7 Å². The quantitative estimate of drug-likeness (QED) is 0.500. The maximum absolute atomic E-state index is 13.2. The van der Waals surface area contributed by atoms with Crippen LogP contribution in [0.5, 0.6) is 5.88 Å². The van der Waals surface area contributed by atoms with Gasteiger partial charge in [0.15, 0.2) is 0 Å². The van der Waals surface area contributed by atoms with Crippen LogP contribution < -0.4 is 20.3 Å². The van der Waals surface area contributed by atoms with Gasteiger partial charge < -0.3 is 20.3 Å². The van der Waals surface area contributed by atoms with Crippen molar-refractivity contribution in [3.05, 3.63) is 65.4 Å². The second-order valence-electron chi connectivity index (χ2n) is 9.68. The van der Waals surface area contributed by atoms with Gasteiger partial charge in [0.2, 0.25) is 5.88 Å². The van der Waals surface area contributed by atoms with Crippen LogP contribution in [-0.2, 0) is 11.6 Å². The van der Waals surface area contributed by atoms with E-state index in [1.165, 1.54) is 6.07 Å². The molecule has 3 aromatic rings. The van der Waals surface area contributed by atoms with E-state index in [0.29, 0.717) is 44.4 Å². The Morgan fingerprint density at radius 2 is 1.95 bits per heavy atom. The number of fused-ring (bicyclic) bond motifs is 2. The van der Waals surface area contributed by atoms with Crippen LogP contribution in [0, 0.1) is 11.3 Å². The number of nitrogens with two attached hydrogens (primary N) is 1. The van der Waals surface area contributed by atoms with Crippen LogP contribution >= 0.6 is 0 Å². The van der Waals surface area contributed by atoms with E-state index in [0.717, 1.165) is 54.2 Å². The van der Waals surface area contributed by atoms with Crippen molar-refractivity contribution in [3.8, 4) is 23.2 Å². The minimum atomic E-state index is -4.48. The smallest absolute Gasteiger partial charge is 0.416 e. The van der Waals surface area contributed by atoms with Gasteiger partial charge in [-0.3, -0.25) is 0 Å². The van der Waals surface area contributed by atoms with Gasteiger partial charge in [-0.25, -0.2) is 9.97 Å². The number of alkyl halides is 3. The molecule has 198 valence electrons. The lowest BCUT2D eigenvalue weighted by atomic mass is 9.74. The summed E-state index contributed by atoms with van der Waals surface area (Å²) in [6.45, 7) is 5.58. The SMILES string of the molecule is CCOc1ncccc1-c1ccc2c(n1)N(CCN)CC21CCN(c2ccc(C(F)(F)F)cc2C#N)CC1. The summed E-state index contributed by atoms with van der Waals surface area (Å²) in [5.74, 6) is 1.44. The van der Waals surface area contributed by atoms with Crippen LogP contribution in [0.1, 0.15) is 36.5 Å². The van der Waals surface area contributed by atoms with E-state index in [1.807, 2.05) is 36.1 Å². The Balaban J connectivity index is 1.43. The third kappa shape index (κ3) is 4.63. The Morgan fingerprint density at radius 1 is 1.16 bits per heavy atom. The molecule has 1 fully saturated rings. The molecule has 0 bridgehead atoms. The maximum atomic E-state index is 13.2. The zero-order valence-electron chi connectivity index (χ0n) is 21.1. The molecule has 0 saturated carbocycles. The number of hydrogen-bond acceptors (Lipinski definition) is 7. The van der Waals surface area contributed by atoms with Crippen LogP contribution in [0.15, 0.2) is 48.7 Å². The van der Waals surface area contributed by atoms with Crippen molar-refractivity contribution in [2.45, 2.75) is 31.4 Å². The van der Waals surface area contributed by atoms with E-state index in [9.17, 15) is 18.4 Å². The van der Waals surface area contributed by atoms with Crippen LogP contribution in [0.4, 0.5) is 24.7 Å². The van der Waals surface area contributed by atoms with Crippen molar-refractivity contribution in [2.75, 3.05) is 49.1 Å². The maximum Gasteiger partial charge on any atom is 0.416 e. The Labute approximate surface area is 219 Å². The summed E-state index contributed by atoms with van der Waals surface area (Å²) in [5, 5.41) is 9.56. The molecule has 1 spiro atoms. The Morgan fingerprint density at radius 3 is 2.63 bits per heavy atom. The third-order valence-electron chi connectivity index (χ3n) is 7.47. The lowest BCUT2D eigenvalue weighted by Crippen LogP contribution is -2.46. The molecule has 0 amide bonds. The lowest BCUT2D eigenvalue weighted by molar-refractivity contribution is -0.137. The largest absolute Gasteiger partial charge is 0.477 e. The number of hydrogen-bond donors (Lipinski definition) is 1. The number of anilines is 2. The van der Waals surface area contributed by atoms with Crippen molar-refractivity contribution in [3.63, 3.8) is 0 Å². The lowest BCUT2D eigenvalue weighted by Gasteiger charge is -2.41. The molecule has 2 aliphatic rings. The Bertz CT molecular complexity index is 1360. The molecule has 0 aliphatic carbocycles. The molecule has 1 saturated heterocycles. The summed E-state index contributed by atoms with van der Waals surface area (Å²) in [4.78, 5) is 13.6. The van der Waals surface area contributed by atoms with Crippen molar-refractivity contribution >= 4 is 11.5 Å². The van der Waals surface area contributed by atoms with Crippen molar-refractivity contribution in [1.29, 1.82) is 5.26 Å². The fourth-order valence-electron chi connectivity index (χ4n) is 5.64. The first-order chi connectivity index (χ1) is 18.3. The molecule has 0 radical (unpaired) electrons. The number of nitriles is 1. The fourth-order valence-corrected chi connectivity index (χ4v) is 5.64. The van der Waals surface area contributed by atoms with Crippen LogP contribution in [0.3, 0.4) is 0 Å². The second-order valence-corrected chi connectivity index (χ2v) is 9.68. The summed E-state index contributed by atoms with van der Waals surface area (Å²) in [6, 6.07) is 13.3. The van der Waals surface area contributed by atoms with Gasteiger partial charge in [0.05, 0.1) is 34.7 Å². The van der Waals surface area contributed by atoms with Gasteiger partial charge in [-0.2, -0.15) is 18.4 Å². The predicted octanol–water partition coefficient (Wildman–Crippen LogP) is 4.75. The van der Waals surface area contributed by atoms with Crippen LogP contribution in [0.25, 0.3) is 11.3 Å². The molecule has 10 heteroatoms. The summed E-state index contributed by atoms with van der Waals surface area (Å²) in [7, 11) is 0. The van der Waals surface area contributed by atoms with E-state index >= 15 is 0 Å². The van der Waals surface area contributed by atoms with Crippen LogP contribution in [-0.4, -0.2) is 49.3 Å². The molecule has 0 atom stereocenters. The molecule has 0 unspecified atom stereocenters. The highest BCUT2D eigenvalue weighted by Crippen LogP contribution is 2.48. The average molecular weight is 523 g/mol. The molecule has 2 N–H and O–H groups in total. The zero-order valence-corrected chi connectivity index (χ0v) is 21.1. The topological polar surface area (TPSA) is 91.3 Å². The molecule has 4 heterocycles. The van der Waals surface area contributed by atoms with Crippen molar-refractivity contribution < 1.29 is 17.9 Å². The van der Waals surface area contributed by atoms with Gasteiger partial charge in [0, 0.05) is 49.9 Å². The molecule has 1 aromatic carbocycles. The van der Waals surface area contributed by atoms with E-state index in [-0.39, 0.29) is 11.0 Å². The number of aromatic nitrogens is 2. The van der Waals surface area contributed by atoms with Crippen LogP contribution in [0.2, 0.25) is 0 Å². The molecule has 7 nitrogen and oxygen atoms in total. The second kappa shape index (κ2) is 10.1. The van der Waals surface area contributed by atoms with Gasteiger partial charge in [-0.05, 0) is 56.2 Å². The number of benzene rings is 1. The van der Waals surface area contributed by atoms with Gasteiger partial charge >= 0.3 is 6.18 Å². The fraction of sp³-hybridized carbons (Fsp3) is 0.393. The summed E-state index contributed by atoms with van der Waals surface area (Å²) < 4.78 is 45.2. The number of ether oxygens (including phenoxy) is 1. The normalized spacial score (nSPS) is 16.4. The summed E-state index contributed by atoms with van der Waals surface area (Å²) >= 11 is 0. The molecular formula is C28H29F3N6O.